The molecule has 0 aromatic heterocycles. The molecular formula is C9H11Cl5N5OP3. The number of benzene rings is 1. The van der Waals surface area contributed by atoms with Gasteiger partial charge in [-0.05, 0) is 86.0 Å². The predicted molar refractivity (Wildman–Crippen MR) is 106 cm³/mol. The van der Waals surface area contributed by atoms with E-state index in [9.17, 15) is 0 Å². The normalized spacial score (nSPS) is 25.2. The fourth-order valence-corrected chi connectivity index (χ4v) is 18.0. The third kappa shape index (κ3) is 6.45. The summed E-state index contributed by atoms with van der Waals surface area (Å²) in [7, 11) is 3.66. The van der Waals surface area contributed by atoms with Gasteiger partial charge in [0.05, 0.1) is 6.21 Å². The van der Waals surface area contributed by atoms with Gasteiger partial charge in [0, 0.05) is 14.1 Å². The zero-order chi connectivity index (χ0) is 17.3. The van der Waals surface area contributed by atoms with E-state index >= 15 is 0 Å². The van der Waals surface area contributed by atoms with Crippen LogP contribution in [0.3, 0.4) is 0 Å². The van der Waals surface area contributed by atoms with E-state index < -0.39 is 18.6 Å². The van der Waals surface area contributed by atoms with E-state index in [1.807, 2.05) is 14.1 Å². The smallest absolute Gasteiger partial charge is 0.350 e. The van der Waals surface area contributed by atoms with Gasteiger partial charge >= 0.3 is 6.78 Å². The molecule has 0 saturated heterocycles. The first-order valence-electron chi connectivity index (χ1n) is 5.89. The standard InChI is InChI=1S/C9H11Cl5N5OP3/c1-19(2)15-7-8-3-5-9(6-4-8)20-23(14)17-21(10,11)16-22(12,13)18-23/h3-7H,1-2H3/b15-7+. The fraction of sp³-hybridized carbons (Fsp3) is 0.222. The van der Waals surface area contributed by atoms with Gasteiger partial charge in [-0.1, -0.05) is 0 Å². The molecule has 14 heteroatoms. The van der Waals surface area contributed by atoms with Gasteiger partial charge in [0.1, 0.15) is 5.75 Å². The summed E-state index contributed by atoms with van der Waals surface area (Å²) in [5.74, 6) is -5.76. The Morgan fingerprint density at radius 3 is 2.04 bits per heavy atom. The predicted octanol–water partition coefficient (Wildman–Crippen LogP) is 8.01. The molecule has 0 aliphatic carbocycles. The van der Waals surface area contributed by atoms with E-state index in [2.05, 4.69) is 18.6 Å². The summed E-state index contributed by atoms with van der Waals surface area (Å²) < 4.78 is 17.5. The Morgan fingerprint density at radius 2 is 1.52 bits per heavy atom. The molecule has 23 heavy (non-hydrogen) atoms. The van der Waals surface area contributed by atoms with Crippen molar-refractivity contribution in [3.05, 3.63) is 29.8 Å². The molecule has 1 aliphatic rings. The van der Waals surface area contributed by atoms with Crippen molar-refractivity contribution in [3.8, 4) is 5.75 Å². The number of hydrogen-bond acceptors (Lipinski definition) is 6. The van der Waals surface area contributed by atoms with Crippen molar-refractivity contribution < 1.29 is 4.52 Å². The van der Waals surface area contributed by atoms with E-state index in [0.717, 1.165) is 5.56 Å². The summed E-state index contributed by atoms with van der Waals surface area (Å²) in [5, 5.41) is 5.81. The second-order valence-corrected chi connectivity index (χ2v) is 17.5. The molecule has 0 fully saturated rings. The zero-order valence-corrected chi connectivity index (χ0v) is 18.2. The van der Waals surface area contributed by atoms with Gasteiger partial charge in [-0.25, -0.2) is 0 Å². The molecule has 0 amide bonds. The average Bonchev–Trinajstić information content (AvgIpc) is 2.32. The molecule has 1 aliphatic heterocycles. The first-order chi connectivity index (χ1) is 10.5. The van der Waals surface area contributed by atoms with Crippen molar-refractivity contribution >= 4 is 81.0 Å². The SMILES string of the molecule is CN(C)/N=C/c1ccc(OP2(Cl)=NP(Cl)(Cl)=NP(Cl)(Cl)=N2)cc1. The van der Waals surface area contributed by atoms with Crippen LogP contribution >= 0.6 is 74.8 Å². The first kappa shape index (κ1) is 19.9. The van der Waals surface area contributed by atoms with Crippen molar-refractivity contribution in [1.82, 2.24) is 5.01 Å². The second kappa shape index (κ2) is 7.48. The van der Waals surface area contributed by atoms with Crippen LogP contribution in [0.15, 0.2) is 42.9 Å². The molecule has 1 unspecified atom stereocenters. The van der Waals surface area contributed by atoms with Crippen LogP contribution in [0, 0.1) is 0 Å². The molecule has 1 aromatic carbocycles. The Morgan fingerprint density at radius 1 is 0.957 bits per heavy atom. The quantitative estimate of drug-likeness (QED) is 0.252. The van der Waals surface area contributed by atoms with Gasteiger partial charge in [0.25, 0.3) is 11.8 Å². The minimum Gasteiger partial charge on any atom is -0.431 e. The van der Waals surface area contributed by atoms with Crippen LogP contribution < -0.4 is 4.52 Å². The summed E-state index contributed by atoms with van der Waals surface area (Å²) >= 11 is 30.2. The summed E-state index contributed by atoms with van der Waals surface area (Å²) in [5.41, 5.74) is 0.883. The van der Waals surface area contributed by atoms with Gasteiger partial charge in [-0.15, -0.1) is 0 Å². The topological polar surface area (TPSA) is 61.9 Å². The van der Waals surface area contributed by atoms with Crippen LogP contribution in [0.4, 0.5) is 0 Å². The third-order valence-electron chi connectivity index (χ3n) is 2.19. The van der Waals surface area contributed by atoms with Gasteiger partial charge in [0.15, 0.2) is 0 Å². The van der Waals surface area contributed by atoms with Crippen molar-refractivity contribution in [2.45, 2.75) is 0 Å². The lowest BCUT2D eigenvalue weighted by molar-refractivity contribution is 0.440. The molecule has 0 bridgehead atoms. The van der Waals surface area contributed by atoms with Gasteiger partial charge in [0.2, 0.25) is 0 Å². The maximum Gasteiger partial charge on any atom is 0.350 e. The minimum atomic E-state index is -3.22. The molecule has 0 N–H and O–H groups in total. The highest BCUT2D eigenvalue weighted by atomic mass is 35.9. The summed E-state index contributed by atoms with van der Waals surface area (Å²) in [6, 6.07) is 6.99. The van der Waals surface area contributed by atoms with E-state index in [0.29, 0.717) is 5.75 Å². The molecule has 128 valence electrons. The molecule has 2 rings (SSSR count). The number of rotatable bonds is 4. The van der Waals surface area contributed by atoms with E-state index in [1.54, 1.807) is 35.5 Å². The summed E-state index contributed by atoms with van der Waals surface area (Å²) in [6.45, 7) is -3.22. The van der Waals surface area contributed by atoms with E-state index in [-0.39, 0.29) is 0 Å². The molecule has 1 aromatic rings. The highest BCUT2D eigenvalue weighted by Crippen LogP contribution is 2.86. The Hall–Kier alpha value is 0.630. The monoisotopic (exact) mass is 473 g/mol. The summed E-state index contributed by atoms with van der Waals surface area (Å²) in [6.07, 6.45) is 1.70. The lowest BCUT2D eigenvalue weighted by Gasteiger charge is -2.21. The van der Waals surface area contributed by atoms with Crippen LogP contribution in [-0.4, -0.2) is 25.3 Å². The van der Waals surface area contributed by atoms with E-state index in [1.165, 1.54) is 0 Å². The van der Waals surface area contributed by atoms with Crippen LogP contribution in [0.2, 0.25) is 0 Å². The van der Waals surface area contributed by atoms with Crippen molar-refractivity contribution in [2.24, 2.45) is 18.6 Å². The fourth-order valence-electron chi connectivity index (χ4n) is 1.42. The lowest BCUT2D eigenvalue weighted by atomic mass is 10.2. The third-order valence-corrected chi connectivity index (χ3v) is 14.1. The number of hydrazone groups is 1. The van der Waals surface area contributed by atoms with Crippen molar-refractivity contribution in [1.29, 1.82) is 0 Å². The molecule has 1 atom stereocenters. The van der Waals surface area contributed by atoms with Crippen LogP contribution in [0.25, 0.3) is 0 Å². The van der Waals surface area contributed by atoms with Gasteiger partial charge in [-0.3, -0.25) is 0 Å². The van der Waals surface area contributed by atoms with Crippen molar-refractivity contribution in [2.75, 3.05) is 14.1 Å². The second-order valence-electron chi connectivity index (χ2n) is 4.40. The van der Waals surface area contributed by atoms with Crippen LogP contribution in [0.1, 0.15) is 5.56 Å². The van der Waals surface area contributed by atoms with Crippen LogP contribution in [0.5, 0.6) is 5.75 Å². The Bertz CT molecular complexity index is 774. The van der Waals surface area contributed by atoms with Crippen LogP contribution in [-0.2, 0) is 0 Å². The summed E-state index contributed by atoms with van der Waals surface area (Å²) in [4.78, 5) is 0. The highest BCUT2D eigenvalue weighted by molar-refractivity contribution is 8.22. The molecular weight excluding hydrogens is 464 g/mol. The number of halogens is 5. The van der Waals surface area contributed by atoms with Gasteiger partial charge in [-0.2, -0.15) is 18.6 Å². The molecule has 0 radical (unpaired) electrons. The Kier molecular flexibility index (Phi) is 6.48. The molecule has 1 heterocycles. The van der Waals surface area contributed by atoms with E-state index in [4.69, 9.17) is 60.7 Å². The maximum absolute atomic E-state index is 6.30. The average molecular weight is 475 g/mol. The molecule has 0 spiro atoms. The molecule has 0 saturated carbocycles. The molecule has 6 nitrogen and oxygen atoms in total. The van der Waals surface area contributed by atoms with Gasteiger partial charge < -0.3 is 9.53 Å². The minimum absolute atomic E-state index is 0.436. The Balaban J connectivity index is 2.28. The maximum atomic E-state index is 6.30. The zero-order valence-electron chi connectivity index (χ0n) is 11.8. The first-order valence-corrected chi connectivity index (χ1v) is 15.4. The number of nitrogens with zero attached hydrogens (tertiary/aromatic N) is 5. The lowest BCUT2D eigenvalue weighted by Crippen LogP contribution is -2.01. The Labute approximate surface area is 158 Å². The largest absolute Gasteiger partial charge is 0.431 e. The van der Waals surface area contributed by atoms with Crippen molar-refractivity contribution in [3.63, 3.8) is 0 Å². The number of hydrogen-bond donors (Lipinski definition) is 0. The highest BCUT2D eigenvalue weighted by Gasteiger charge is 2.34.